The van der Waals surface area contributed by atoms with Crippen LogP contribution in [0.15, 0.2) is 72.8 Å². The van der Waals surface area contributed by atoms with Crippen LogP contribution in [-0.4, -0.2) is 27.1 Å². The van der Waals surface area contributed by atoms with Crippen LogP contribution in [-0.2, 0) is 14.8 Å². The molecule has 0 bridgehead atoms. The molecule has 0 aliphatic carbocycles. The number of carbonyl (C=O) groups is 1. The van der Waals surface area contributed by atoms with Crippen LogP contribution in [0.5, 0.6) is 0 Å². The minimum Gasteiger partial charge on any atom is -0.344 e. The molecule has 0 saturated carbocycles. The maximum atomic E-state index is 13.0. The van der Waals surface area contributed by atoms with Crippen LogP contribution < -0.4 is 9.62 Å². The van der Waals surface area contributed by atoms with E-state index in [1.54, 1.807) is 0 Å². The summed E-state index contributed by atoms with van der Waals surface area (Å²) in [6.45, 7) is 1.54. The van der Waals surface area contributed by atoms with Gasteiger partial charge in [-0.05, 0) is 41.8 Å². The number of halogens is 2. The summed E-state index contributed by atoms with van der Waals surface area (Å²) in [5, 5.41) is 3.49. The number of aryl methyl sites for hydroxylation is 1. The molecule has 5 nitrogen and oxygen atoms in total. The molecular formula is C23H22Cl2N2O3S. The lowest BCUT2D eigenvalue weighted by Gasteiger charge is -2.26. The fourth-order valence-electron chi connectivity index (χ4n) is 3.30. The molecule has 0 saturated heterocycles. The van der Waals surface area contributed by atoms with E-state index in [1.807, 2.05) is 61.5 Å². The zero-order valence-corrected chi connectivity index (χ0v) is 19.4. The third-order valence-electron chi connectivity index (χ3n) is 4.80. The number of carbonyl (C=O) groups excluding carboxylic acids is 1. The molecule has 8 heteroatoms. The van der Waals surface area contributed by atoms with Crippen LogP contribution in [0.3, 0.4) is 0 Å². The van der Waals surface area contributed by atoms with Crippen LogP contribution in [0.25, 0.3) is 0 Å². The summed E-state index contributed by atoms with van der Waals surface area (Å²) in [5.41, 5.74) is 3.02. The van der Waals surface area contributed by atoms with E-state index in [2.05, 4.69) is 5.32 Å². The van der Waals surface area contributed by atoms with E-state index in [0.717, 1.165) is 27.3 Å². The molecule has 162 valence electrons. The average Bonchev–Trinajstić information content (AvgIpc) is 2.71. The van der Waals surface area contributed by atoms with E-state index in [1.165, 1.54) is 18.2 Å². The number of benzene rings is 3. The van der Waals surface area contributed by atoms with Crippen molar-refractivity contribution in [3.63, 3.8) is 0 Å². The van der Waals surface area contributed by atoms with Gasteiger partial charge in [0.25, 0.3) is 0 Å². The fourth-order valence-corrected chi connectivity index (χ4v) is 4.73. The number of hydrogen-bond acceptors (Lipinski definition) is 3. The molecule has 0 aromatic heterocycles. The third kappa shape index (κ3) is 5.79. The van der Waals surface area contributed by atoms with Crippen LogP contribution >= 0.6 is 23.2 Å². The van der Waals surface area contributed by atoms with Gasteiger partial charge >= 0.3 is 0 Å². The molecule has 0 spiro atoms. The van der Waals surface area contributed by atoms with Gasteiger partial charge in [-0.15, -0.1) is 0 Å². The lowest BCUT2D eigenvalue weighted by Crippen LogP contribution is -2.42. The minimum absolute atomic E-state index is 0.143. The first kappa shape index (κ1) is 23.1. The topological polar surface area (TPSA) is 66.5 Å². The van der Waals surface area contributed by atoms with Crippen LogP contribution in [0, 0.1) is 6.92 Å². The molecule has 0 radical (unpaired) electrons. The first-order chi connectivity index (χ1) is 14.7. The van der Waals surface area contributed by atoms with Gasteiger partial charge < -0.3 is 5.32 Å². The zero-order valence-electron chi connectivity index (χ0n) is 17.0. The number of hydrogen-bond donors (Lipinski definition) is 1. The van der Waals surface area contributed by atoms with E-state index < -0.39 is 28.5 Å². The first-order valence-corrected chi connectivity index (χ1v) is 12.1. The van der Waals surface area contributed by atoms with E-state index in [9.17, 15) is 13.2 Å². The predicted molar refractivity (Wildman–Crippen MR) is 126 cm³/mol. The molecule has 3 rings (SSSR count). The second kappa shape index (κ2) is 9.73. The molecule has 31 heavy (non-hydrogen) atoms. The Morgan fingerprint density at radius 1 is 1.00 bits per heavy atom. The van der Waals surface area contributed by atoms with Crippen LogP contribution in [0.1, 0.15) is 22.7 Å². The van der Waals surface area contributed by atoms with Crippen molar-refractivity contribution >= 4 is 44.8 Å². The van der Waals surface area contributed by atoms with Gasteiger partial charge in [0.05, 0.1) is 23.0 Å². The maximum absolute atomic E-state index is 13.0. The van der Waals surface area contributed by atoms with Crippen molar-refractivity contribution in [1.82, 2.24) is 5.32 Å². The van der Waals surface area contributed by atoms with Gasteiger partial charge in [0, 0.05) is 5.02 Å². The lowest BCUT2D eigenvalue weighted by atomic mass is 9.95. The van der Waals surface area contributed by atoms with Crippen molar-refractivity contribution in [1.29, 1.82) is 0 Å². The Balaban J connectivity index is 1.93. The Kier molecular flexibility index (Phi) is 7.26. The van der Waals surface area contributed by atoms with Crippen molar-refractivity contribution in [2.24, 2.45) is 0 Å². The predicted octanol–water partition coefficient (Wildman–Crippen LogP) is 4.97. The van der Waals surface area contributed by atoms with Gasteiger partial charge in [-0.2, -0.15) is 0 Å². The van der Waals surface area contributed by atoms with Gasteiger partial charge in [-0.25, -0.2) is 8.42 Å². The Labute approximate surface area is 192 Å². The summed E-state index contributed by atoms with van der Waals surface area (Å²) in [6.07, 6.45) is 1.03. The highest BCUT2D eigenvalue weighted by Gasteiger charge is 2.25. The normalized spacial score (nSPS) is 12.3. The largest absolute Gasteiger partial charge is 0.344 e. The Morgan fingerprint density at radius 3 is 2.26 bits per heavy atom. The number of amides is 1. The molecule has 1 N–H and O–H groups in total. The summed E-state index contributed by atoms with van der Waals surface area (Å²) < 4.78 is 25.9. The van der Waals surface area contributed by atoms with Crippen LogP contribution in [0.4, 0.5) is 5.69 Å². The van der Waals surface area contributed by atoms with Gasteiger partial charge in [0.1, 0.15) is 6.54 Å². The Hall–Kier alpha value is -2.54. The molecule has 1 atom stereocenters. The second-order valence-corrected chi connectivity index (χ2v) is 9.88. The number of rotatable bonds is 7. The molecule has 0 heterocycles. The van der Waals surface area contributed by atoms with Gasteiger partial charge in [0.15, 0.2) is 0 Å². The number of nitrogens with zero attached hydrogens (tertiary/aromatic N) is 1. The number of nitrogens with one attached hydrogen (secondary N) is 1. The van der Waals surface area contributed by atoms with Crippen molar-refractivity contribution in [3.05, 3.63) is 99.5 Å². The summed E-state index contributed by atoms with van der Waals surface area (Å²) in [7, 11) is -3.78. The second-order valence-electron chi connectivity index (χ2n) is 7.13. The van der Waals surface area contributed by atoms with E-state index in [0.29, 0.717) is 5.02 Å². The molecule has 0 fully saturated rings. The summed E-state index contributed by atoms with van der Waals surface area (Å²) in [6, 6.07) is 21.3. The first-order valence-electron chi connectivity index (χ1n) is 9.49. The molecule has 1 amide bonds. The highest BCUT2D eigenvalue weighted by Crippen LogP contribution is 2.30. The standard InChI is InChI=1S/C23H22Cl2N2O3S/c1-16-8-6-7-11-19(16)23(17-9-4-3-5-10-17)26-22(28)15-27(31(2,29)30)21-13-12-18(24)14-20(21)25/h3-14,23H,15H2,1-2H3,(H,26,28). The third-order valence-corrected chi connectivity index (χ3v) is 6.47. The molecule has 0 aliphatic rings. The minimum atomic E-state index is -3.78. The quantitative estimate of drug-likeness (QED) is 0.523. The number of sulfonamides is 1. The van der Waals surface area contributed by atoms with Gasteiger partial charge in [0.2, 0.25) is 15.9 Å². The SMILES string of the molecule is Cc1ccccc1C(NC(=O)CN(c1ccc(Cl)cc1Cl)S(C)(=O)=O)c1ccccc1. The fraction of sp³-hybridized carbons (Fsp3) is 0.174. The highest BCUT2D eigenvalue weighted by atomic mass is 35.5. The molecule has 1 unspecified atom stereocenters. The van der Waals surface area contributed by atoms with Gasteiger partial charge in [-0.3, -0.25) is 9.10 Å². The Bertz CT molecular complexity index is 1180. The van der Waals surface area contributed by atoms with Crippen molar-refractivity contribution in [3.8, 4) is 0 Å². The molecule has 3 aromatic carbocycles. The van der Waals surface area contributed by atoms with Crippen molar-refractivity contribution < 1.29 is 13.2 Å². The summed E-state index contributed by atoms with van der Waals surface area (Å²) in [4.78, 5) is 13.0. The maximum Gasteiger partial charge on any atom is 0.241 e. The van der Waals surface area contributed by atoms with E-state index in [4.69, 9.17) is 23.2 Å². The zero-order chi connectivity index (χ0) is 22.6. The molecular weight excluding hydrogens is 455 g/mol. The van der Waals surface area contributed by atoms with E-state index >= 15 is 0 Å². The van der Waals surface area contributed by atoms with Crippen molar-refractivity contribution in [2.75, 3.05) is 17.1 Å². The number of anilines is 1. The average molecular weight is 477 g/mol. The summed E-state index contributed by atoms with van der Waals surface area (Å²) in [5.74, 6) is -0.464. The highest BCUT2D eigenvalue weighted by molar-refractivity contribution is 7.92. The molecule has 3 aromatic rings. The van der Waals surface area contributed by atoms with Crippen LogP contribution in [0.2, 0.25) is 10.0 Å². The van der Waals surface area contributed by atoms with E-state index in [-0.39, 0.29) is 10.7 Å². The Morgan fingerprint density at radius 2 is 1.65 bits per heavy atom. The molecule has 0 aliphatic heterocycles. The summed E-state index contributed by atoms with van der Waals surface area (Å²) >= 11 is 12.1. The monoisotopic (exact) mass is 476 g/mol. The van der Waals surface area contributed by atoms with Crippen molar-refractivity contribution in [2.45, 2.75) is 13.0 Å². The van der Waals surface area contributed by atoms with Gasteiger partial charge in [-0.1, -0.05) is 77.8 Å². The lowest BCUT2D eigenvalue weighted by molar-refractivity contribution is -0.120. The smallest absolute Gasteiger partial charge is 0.241 e.